The molecule has 0 spiro atoms. The summed E-state index contributed by atoms with van der Waals surface area (Å²) in [4.78, 5) is 2.38. The molecule has 0 fully saturated rings. The molecule has 0 heterocycles. The van der Waals surface area contributed by atoms with Crippen molar-refractivity contribution < 1.29 is 0 Å². The number of rotatable bonds is 3. The Balaban J connectivity index is 0. The first-order valence-corrected chi connectivity index (χ1v) is 11.0. The highest BCUT2D eigenvalue weighted by Crippen LogP contribution is 2.55. The van der Waals surface area contributed by atoms with E-state index in [0.29, 0.717) is 0 Å². The normalized spacial score (nSPS) is 13.3. The zero-order valence-corrected chi connectivity index (χ0v) is 16.3. The molecule has 0 aliphatic rings. The average molecular weight is 314 g/mol. The van der Waals surface area contributed by atoms with Gasteiger partial charge in [-0.05, 0) is 29.7 Å². The molecular weight excluding hydrogens is 281 g/mol. The van der Waals surface area contributed by atoms with Gasteiger partial charge < -0.3 is 4.90 Å². The first-order valence-electron chi connectivity index (χ1n) is 6.95. The molecule has 0 N–H and O–H groups in total. The number of halogens is 2. The molecule has 0 radical (unpaired) electrons. The van der Waals surface area contributed by atoms with Gasteiger partial charge in [-0.1, -0.05) is 62.3 Å². The quantitative estimate of drug-likeness (QED) is 0.466. The second-order valence-electron chi connectivity index (χ2n) is 6.69. The summed E-state index contributed by atoms with van der Waals surface area (Å²) < 4.78 is 0. The van der Waals surface area contributed by atoms with Crippen molar-refractivity contribution in [2.24, 2.45) is 0 Å². The Hall–Kier alpha value is 0.757. The lowest BCUT2D eigenvalue weighted by molar-refractivity contribution is 0.321. The van der Waals surface area contributed by atoms with Crippen molar-refractivity contribution in [1.82, 2.24) is 4.90 Å². The second-order valence-corrected chi connectivity index (χ2v) is 14.8. The SMILES string of the molecule is CC(C)(C)[Si](Cl)(Cl)C(C)(C)C.CCN(CC)CC. The fourth-order valence-corrected chi connectivity index (χ4v) is 4.05. The van der Waals surface area contributed by atoms with E-state index in [4.69, 9.17) is 22.2 Å². The standard InChI is InChI=1S/C8H18Cl2Si.C6H15N/c1-7(2,3)11(9,10)8(4,5)6;1-4-7(5-2)6-3/h1-6H3;4-6H2,1-3H3. The largest absolute Gasteiger partial charge is 0.304 e. The fourth-order valence-electron chi connectivity index (χ4n) is 1.80. The molecule has 0 bridgehead atoms. The molecule has 0 saturated heterocycles. The van der Waals surface area contributed by atoms with Crippen LogP contribution in [-0.2, 0) is 0 Å². The maximum atomic E-state index is 6.39. The van der Waals surface area contributed by atoms with Crippen LogP contribution in [-0.4, -0.2) is 31.2 Å². The van der Waals surface area contributed by atoms with Crippen molar-refractivity contribution in [2.75, 3.05) is 19.6 Å². The minimum Gasteiger partial charge on any atom is -0.304 e. The lowest BCUT2D eigenvalue weighted by Gasteiger charge is -2.41. The van der Waals surface area contributed by atoms with Gasteiger partial charge in [0.25, 0.3) is 6.69 Å². The van der Waals surface area contributed by atoms with E-state index in [-0.39, 0.29) is 10.1 Å². The molecule has 0 saturated carbocycles. The predicted octanol–water partition coefficient (Wildman–Crippen LogP) is 5.85. The molecule has 0 rings (SSSR count). The lowest BCUT2D eigenvalue weighted by Crippen LogP contribution is -2.41. The maximum absolute atomic E-state index is 6.39. The van der Waals surface area contributed by atoms with Gasteiger partial charge in [0.05, 0.1) is 0 Å². The fraction of sp³-hybridized carbons (Fsp3) is 1.00. The Labute approximate surface area is 126 Å². The van der Waals surface area contributed by atoms with E-state index in [1.807, 2.05) is 0 Å². The lowest BCUT2D eigenvalue weighted by atomic mass is 10.2. The average Bonchev–Trinajstić information content (AvgIpc) is 2.18. The van der Waals surface area contributed by atoms with Crippen LogP contribution in [0.2, 0.25) is 10.1 Å². The summed E-state index contributed by atoms with van der Waals surface area (Å²) >= 11 is 12.8. The van der Waals surface area contributed by atoms with Crippen LogP contribution in [0, 0.1) is 0 Å². The first kappa shape index (κ1) is 21.1. The van der Waals surface area contributed by atoms with Crippen molar-refractivity contribution >= 4 is 28.9 Å². The van der Waals surface area contributed by atoms with Gasteiger partial charge in [0.1, 0.15) is 0 Å². The van der Waals surface area contributed by atoms with Crippen LogP contribution >= 0.6 is 22.2 Å². The Kier molecular flexibility index (Phi) is 9.52. The van der Waals surface area contributed by atoms with Gasteiger partial charge in [0.2, 0.25) is 0 Å². The van der Waals surface area contributed by atoms with Crippen LogP contribution in [0.25, 0.3) is 0 Å². The molecule has 0 atom stereocenters. The minimum atomic E-state index is -2.16. The van der Waals surface area contributed by atoms with Crippen molar-refractivity contribution in [3.8, 4) is 0 Å². The zero-order chi connectivity index (χ0) is 15.2. The monoisotopic (exact) mass is 313 g/mol. The van der Waals surface area contributed by atoms with Crippen LogP contribution in [0.3, 0.4) is 0 Å². The van der Waals surface area contributed by atoms with Crippen molar-refractivity contribution in [2.45, 2.75) is 72.4 Å². The van der Waals surface area contributed by atoms with Gasteiger partial charge in [-0.3, -0.25) is 0 Å². The smallest absolute Gasteiger partial charge is 0.261 e. The Morgan fingerprint density at radius 2 is 0.944 bits per heavy atom. The first-order chi connectivity index (χ1) is 7.85. The maximum Gasteiger partial charge on any atom is 0.261 e. The third kappa shape index (κ3) is 6.79. The molecule has 0 unspecified atom stereocenters. The highest BCUT2D eigenvalue weighted by molar-refractivity contribution is 7.47. The van der Waals surface area contributed by atoms with E-state index < -0.39 is 6.69 Å². The van der Waals surface area contributed by atoms with Gasteiger partial charge in [0.15, 0.2) is 0 Å². The van der Waals surface area contributed by atoms with Gasteiger partial charge in [-0.2, -0.15) is 0 Å². The summed E-state index contributed by atoms with van der Waals surface area (Å²) in [6.45, 7) is 20.7. The highest BCUT2D eigenvalue weighted by Gasteiger charge is 2.51. The van der Waals surface area contributed by atoms with E-state index in [9.17, 15) is 0 Å². The predicted molar refractivity (Wildman–Crippen MR) is 90.4 cm³/mol. The second kappa shape index (κ2) is 8.14. The molecule has 112 valence electrons. The molecule has 0 aliphatic heterocycles. The number of hydrogen-bond donors (Lipinski definition) is 0. The highest BCUT2D eigenvalue weighted by atomic mass is 35.7. The van der Waals surface area contributed by atoms with E-state index in [1.54, 1.807) is 0 Å². The summed E-state index contributed by atoms with van der Waals surface area (Å²) in [5.74, 6) is 0. The van der Waals surface area contributed by atoms with Crippen molar-refractivity contribution in [3.63, 3.8) is 0 Å². The molecular formula is C14H33Cl2NSi. The van der Waals surface area contributed by atoms with Crippen LogP contribution < -0.4 is 0 Å². The van der Waals surface area contributed by atoms with Crippen LogP contribution in [0.15, 0.2) is 0 Å². The van der Waals surface area contributed by atoms with Crippen LogP contribution in [0.5, 0.6) is 0 Å². The Bertz CT molecular complexity index is 191. The van der Waals surface area contributed by atoms with E-state index in [2.05, 4.69) is 67.2 Å². The Morgan fingerprint density at radius 1 is 0.722 bits per heavy atom. The number of nitrogens with zero attached hydrogens (tertiary/aromatic N) is 1. The molecule has 0 amide bonds. The van der Waals surface area contributed by atoms with Gasteiger partial charge in [0, 0.05) is 0 Å². The molecule has 18 heavy (non-hydrogen) atoms. The molecule has 0 aromatic rings. The van der Waals surface area contributed by atoms with Gasteiger partial charge >= 0.3 is 0 Å². The van der Waals surface area contributed by atoms with Crippen LogP contribution in [0.1, 0.15) is 62.3 Å². The van der Waals surface area contributed by atoms with Crippen molar-refractivity contribution in [1.29, 1.82) is 0 Å². The van der Waals surface area contributed by atoms with E-state index in [0.717, 1.165) is 0 Å². The molecule has 1 nitrogen and oxygen atoms in total. The molecule has 4 heteroatoms. The third-order valence-electron chi connectivity index (χ3n) is 3.23. The summed E-state index contributed by atoms with van der Waals surface area (Å²) in [6.07, 6.45) is 0. The van der Waals surface area contributed by atoms with E-state index >= 15 is 0 Å². The number of hydrogen-bond acceptors (Lipinski definition) is 1. The summed E-state index contributed by atoms with van der Waals surface area (Å²) in [5.41, 5.74) is 0. The molecule has 0 aromatic heterocycles. The summed E-state index contributed by atoms with van der Waals surface area (Å²) in [5, 5.41) is 0.0999. The van der Waals surface area contributed by atoms with Crippen molar-refractivity contribution in [3.05, 3.63) is 0 Å². The zero-order valence-electron chi connectivity index (χ0n) is 13.8. The summed E-state index contributed by atoms with van der Waals surface area (Å²) in [6, 6.07) is 0. The van der Waals surface area contributed by atoms with Gasteiger partial charge in [-0.15, -0.1) is 22.2 Å². The topological polar surface area (TPSA) is 3.24 Å². The Morgan fingerprint density at radius 3 is 0.944 bits per heavy atom. The van der Waals surface area contributed by atoms with E-state index in [1.165, 1.54) is 19.6 Å². The summed E-state index contributed by atoms with van der Waals surface area (Å²) in [7, 11) is 0. The van der Waals surface area contributed by atoms with Gasteiger partial charge in [-0.25, -0.2) is 0 Å². The van der Waals surface area contributed by atoms with Crippen LogP contribution in [0.4, 0.5) is 0 Å². The molecule has 0 aromatic carbocycles. The third-order valence-corrected chi connectivity index (χ3v) is 13.8. The molecule has 0 aliphatic carbocycles. The minimum absolute atomic E-state index is 0.0500.